The molecule has 2 N–H and O–H groups in total. The van der Waals surface area contributed by atoms with Crippen LogP contribution >= 0.6 is 0 Å². The first-order valence-electron chi connectivity index (χ1n) is 5.91. The molecule has 0 aliphatic heterocycles. The molecule has 0 fully saturated rings. The molecule has 0 saturated heterocycles. The van der Waals surface area contributed by atoms with Crippen molar-refractivity contribution in [1.29, 1.82) is 0 Å². The van der Waals surface area contributed by atoms with Gasteiger partial charge in [0.25, 0.3) is 0 Å². The minimum Gasteiger partial charge on any atom is -0.384 e. The van der Waals surface area contributed by atoms with Gasteiger partial charge in [0.05, 0.1) is 23.8 Å². The fourth-order valence-electron chi connectivity index (χ4n) is 1.69. The topological polar surface area (TPSA) is 37.0 Å². The van der Waals surface area contributed by atoms with Crippen LogP contribution in [0.1, 0.15) is 12.5 Å². The average Bonchev–Trinajstić information content (AvgIpc) is 2.35. The van der Waals surface area contributed by atoms with Crippen LogP contribution in [0.15, 0.2) is 36.7 Å². The van der Waals surface area contributed by atoms with Gasteiger partial charge >= 0.3 is 0 Å². The molecule has 1 aromatic heterocycles. The van der Waals surface area contributed by atoms with E-state index in [9.17, 15) is 4.39 Å². The van der Waals surface area contributed by atoms with Crippen molar-refractivity contribution in [1.82, 2.24) is 4.98 Å². The number of pyridine rings is 1. The Hall–Kier alpha value is -2.10. The van der Waals surface area contributed by atoms with Gasteiger partial charge in [0.15, 0.2) is 0 Å². The number of anilines is 3. The number of aryl methyl sites for hydroxylation is 1. The number of halogens is 1. The van der Waals surface area contributed by atoms with Crippen molar-refractivity contribution in [3.05, 3.63) is 48.0 Å². The lowest BCUT2D eigenvalue weighted by atomic mass is 10.2. The Kier molecular flexibility index (Phi) is 3.77. The van der Waals surface area contributed by atoms with Gasteiger partial charge < -0.3 is 10.6 Å². The Bertz CT molecular complexity index is 540. The number of rotatable bonds is 4. The van der Waals surface area contributed by atoms with Gasteiger partial charge in [-0.3, -0.25) is 4.98 Å². The molecule has 3 nitrogen and oxygen atoms in total. The van der Waals surface area contributed by atoms with Crippen molar-refractivity contribution in [2.24, 2.45) is 0 Å². The summed E-state index contributed by atoms with van der Waals surface area (Å²) >= 11 is 0. The van der Waals surface area contributed by atoms with Gasteiger partial charge in [-0.25, -0.2) is 4.39 Å². The van der Waals surface area contributed by atoms with Crippen molar-refractivity contribution >= 4 is 17.1 Å². The maximum Gasteiger partial charge on any atom is 0.125 e. The van der Waals surface area contributed by atoms with Crippen LogP contribution in [0.25, 0.3) is 0 Å². The molecule has 2 rings (SSSR count). The maximum absolute atomic E-state index is 13.2. The molecule has 0 radical (unpaired) electrons. The first-order chi connectivity index (χ1) is 8.69. The molecule has 1 heterocycles. The Balaban J connectivity index is 2.22. The van der Waals surface area contributed by atoms with Crippen molar-refractivity contribution in [2.45, 2.75) is 13.8 Å². The lowest BCUT2D eigenvalue weighted by Gasteiger charge is -2.11. The van der Waals surface area contributed by atoms with Gasteiger partial charge in [0.1, 0.15) is 5.82 Å². The highest BCUT2D eigenvalue weighted by molar-refractivity contribution is 5.65. The van der Waals surface area contributed by atoms with Crippen molar-refractivity contribution in [3.63, 3.8) is 0 Å². The molecule has 2 aromatic rings. The second kappa shape index (κ2) is 5.49. The van der Waals surface area contributed by atoms with E-state index in [4.69, 9.17) is 0 Å². The van der Waals surface area contributed by atoms with E-state index in [2.05, 4.69) is 15.6 Å². The highest BCUT2D eigenvalue weighted by atomic mass is 19.1. The van der Waals surface area contributed by atoms with Gasteiger partial charge in [-0.2, -0.15) is 0 Å². The summed E-state index contributed by atoms with van der Waals surface area (Å²) in [7, 11) is 0. The van der Waals surface area contributed by atoms with E-state index < -0.39 is 0 Å². The monoisotopic (exact) mass is 245 g/mol. The minimum atomic E-state index is -0.251. The number of hydrogen-bond acceptors (Lipinski definition) is 3. The van der Waals surface area contributed by atoms with E-state index >= 15 is 0 Å². The van der Waals surface area contributed by atoms with E-state index in [-0.39, 0.29) is 5.82 Å². The Morgan fingerprint density at radius 3 is 2.72 bits per heavy atom. The van der Waals surface area contributed by atoms with Crippen molar-refractivity contribution < 1.29 is 4.39 Å². The Labute approximate surface area is 106 Å². The van der Waals surface area contributed by atoms with Crippen LogP contribution in [0, 0.1) is 12.7 Å². The molecule has 0 bridgehead atoms. The van der Waals surface area contributed by atoms with E-state index in [0.29, 0.717) is 0 Å². The third-order valence-electron chi connectivity index (χ3n) is 2.60. The summed E-state index contributed by atoms with van der Waals surface area (Å²) < 4.78 is 13.2. The second-order valence-electron chi connectivity index (χ2n) is 4.08. The third-order valence-corrected chi connectivity index (χ3v) is 2.60. The summed E-state index contributed by atoms with van der Waals surface area (Å²) in [5.74, 6) is -0.251. The molecule has 4 heteroatoms. The van der Waals surface area contributed by atoms with Gasteiger partial charge in [0, 0.05) is 12.2 Å². The molecule has 0 amide bonds. The van der Waals surface area contributed by atoms with Crippen LogP contribution < -0.4 is 10.6 Å². The zero-order valence-corrected chi connectivity index (χ0v) is 10.5. The molecular weight excluding hydrogens is 229 g/mol. The minimum absolute atomic E-state index is 0.251. The van der Waals surface area contributed by atoms with Gasteiger partial charge in [0.2, 0.25) is 0 Å². The fraction of sp³-hybridized carbons (Fsp3) is 0.214. The molecule has 0 spiro atoms. The summed E-state index contributed by atoms with van der Waals surface area (Å²) in [6, 6.07) is 6.63. The highest BCUT2D eigenvalue weighted by Crippen LogP contribution is 2.22. The van der Waals surface area contributed by atoms with Crippen LogP contribution in [-0.4, -0.2) is 11.5 Å². The molecule has 18 heavy (non-hydrogen) atoms. The summed E-state index contributed by atoms with van der Waals surface area (Å²) in [4.78, 5) is 4.13. The lowest BCUT2D eigenvalue weighted by molar-refractivity contribution is 0.628. The summed E-state index contributed by atoms with van der Waals surface area (Å²) in [6.45, 7) is 4.80. The van der Waals surface area contributed by atoms with Gasteiger partial charge in [-0.15, -0.1) is 0 Å². The molecule has 0 aliphatic carbocycles. The van der Waals surface area contributed by atoms with Crippen molar-refractivity contribution in [2.75, 3.05) is 17.2 Å². The van der Waals surface area contributed by atoms with E-state index in [0.717, 1.165) is 29.2 Å². The third kappa shape index (κ3) is 2.97. The number of hydrogen-bond donors (Lipinski definition) is 2. The predicted molar refractivity (Wildman–Crippen MR) is 72.8 cm³/mol. The highest BCUT2D eigenvalue weighted by Gasteiger charge is 2.02. The molecule has 94 valence electrons. The quantitative estimate of drug-likeness (QED) is 0.862. The van der Waals surface area contributed by atoms with E-state index in [1.54, 1.807) is 18.5 Å². The summed E-state index contributed by atoms with van der Waals surface area (Å²) in [5, 5.41) is 6.35. The summed E-state index contributed by atoms with van der Waals surface area (Å²) in [6.07, 6.45) is 3.47. The SMILES string of the molecule is CCNc1cncc(Nc2cc(F)ccc2C)c1. The molecule has 1 aromatic carbocycles. The number of benzene rings is 1. The molecule has 0 aliphatic rings. The maximum atomic E-state index is 13.2. The average molecular weight is 245 g/mol. The number of aromatic nitrogens is 1. The molecular formula is C14H16FN3. The van der Waals surface area contributed by atoms with Crippen LogP contribution in [-0.2, 0) is 0 Å². The van der Waals surface area contributed by atoms with Crippen LogP contribution in [0.2, 0.25) is 0 Å². The normalized spacial score (nSPS) is 10.2. The van der Waals surface area contributed by atoms with Gasteiger partial charge in [-0.05, 0) is 37.6 Å². The Morgan fingerprint density at radius 1 is 1.17 bits per heavy atom. The second-order valence-corrected chi connectivity index (χ2v) is 4.08. The fourth-order valence-corrected chi connectivity index (χ4v) is 1.69. The lowest BCUT2D eigenvalue weighted by Crippen LogP contribution is -1.99. The first kappa shape index (κ1) is 12.4. The van der Waals surface area contributed by atoms with Gasteiger partial charge in [-0.1, -0.05) is 6.07 Å². The molecule has 0 unspecified atom stereocenters. The van der Waals surface area contributed by atoms with Crippen LogP contribution in [0.5, 0.6) is 0 Å². The van der Waals surface area contributed by atoms with E-state index in [1.807, 2.05) is 19.9 Å². The zero-order valence-electron chi connectivity index (χ0n) is 10.5. The van der Waals surface area contributed by atoms with Crippen LogP contribution in [0.4, 0.5) is 21.5 Å². The largest absolute Gasteiger partial charge is 0.384 e. The van der Waals surface area contributed by atoms with Crippen LogP contribution in [0.3, 0.4) is 0 Å². The first-order valence-corrected chi connectivity index (χ1v) is 5.91. The predicted octanol–water partition coefficient (Wildman–Crippen LogP) is 3.70. The molecule has 0 atom stereocenters. The van der Waals surface area contributed by atoms with E-state index in [1.165, 1.54) is 12.1 Å². The molecule has 0 saturated carbocycles. The zero-order chi connectivity index (χ0) is 13.0. The summed E-state index contributed by atoms with van der Waals surface area (Å²) in [5.41, 5.74) is 3.52. The number of nitrogens with one attached hydrogen (secondary N) is 2. The Morgan fingerprint density at radius 2 is 1.94 bits per heavy atom. The smallest absolute Gasteiger partial charge is 0.125 e. The standard InChI is InChI=1S/C14H16FN3/c1-3-17-12-7-13(9-16-8-12)18-14-6-11(15)5-4-10(14)2/h4-9,17-18H,3H2,1-2H3. The number of nitrogens with zero attached hydrogens (tertiary/aromatic N) is 1. The van der Waals surface area contributed by atoms with Crippen molar-refractivity contribution in [3.8, 4) is 0 Å².